The van der Waals surface area contributed by atoms with Gasteiger partial charge in [-0.25, -0.2) is 0 Å². The van der Waals surface area contributed by atoms with Gasteiger partial charge in [-0.05, 0) is 37.7 Å². The van der Waals surface area contributed by atoms with Gasteiger partial charge in [-0.3, -0.25) is 0 Å². The van der Waals surface area contributed by atoms with Crippen molar-refractivity contribution in [2.75, 3.05) is 18.9 Å². The molecule has 0 radical (unpaired) electrons. The fourth-order valence-corrected chi connectivity index (χ4v) is 2.36. The molecular formula is C11H15BrN2. The molecule has 76 valence electrons. The SMILES string of the molecule is CNC(C)C1CNc2ccc(Br)cc21. The molecule has 1 heterocycles. The van der Waals surface area contributed by atoms with Gasteiger partial charge in [-0.15, -0.1) is 0 Å². The van der Waals surface area contributed by atoms with E-state index < -0.39 is 0 Å². The van der Waals surface area contributed by atoms with Crippen LogP contribution in [0.15, 0.2) is 22.7 Å². The highest BCUT2D eigenvalue weighted by molar-refractivity contribution is 9.10. The van der Waals surface area contributed by atoms with Gasteiger partial charge >= 0.3 is 0 Å². The summed E-state index contributed by atoms with van der Waals surface area (Å²) in [6.45, 7) is 3.26. The first-order chi connectivity index (χ1) is 6.72. The lowest BCUT2D eigenvalue weighted by Gasteiger charge is -2.18. The first-order valence-corrected chi connectivity index (χ1v) is 5.72. The zero-order valence-corrected chi connectivity index (χ0v) is 10.1. The molecule has 2 unspecified atom stereocenters. The summed E-state index contributed by atoms with van der Waals surface area (Å²) in [5.74, 6) is 0.576. The third kappa shape index (κ3) is 1.66. The number of fused-ring (bicyclic) bond motifs is 1. The van der Waals surface area contributed by atoms with Crippen molar-refractivity contribution in [1.29, 1.82) is 0 Å². The Hall–Kier alpha value is -0.540. The van der Waals surface area contributed by atoms with Crippen LogP contribution in [-0.2, 0) is 0 Å². The molecule has 2 atom stereocenters. The van der Waals surface area contributed by atoms with Crippen LogP contribution in [0, 0.1) is 0 Å². The van der Waals surface area contributed by atoms with Crippen LogP contribution in [0.5, 0.6) is 0 Å². The van der Waals surface area contributed by atoms with Gasteiger partial charge in [0.1, 0.15) is 0 Å². The summed E-state index contributed by atoms with van der Waals surface area (Å²) in [5, 5.41) is 6.74. The normalized spacial score (nSPS) is 21.5. The number of anilines is 1. The third-order valence-corrected chi connectivity index (χ3v) is 3.48. The number of halogens is 1. The molecule has 0 saturated carbocycles. The zero-order valence-electron chi connectivity index (χ0n) is 8.47. The van der Waals surface area contributed by atoms with Crippen LogP contribution in [0.25, 0.3) is 0 Å². The number of rotatable bonds is 2. The van der Waals surface area contributed by atoms with Gasteiger partial charge in [0.05, 0.1) is 0 Å². The standard InChI is InChI=1S/C11H15BrN2/c1-7(13-2)10-6-14-11-4-3-8(12)5-9(10)11/h3-5,7,10,13-14H,6H2,1-2H3. The number of hydrogen-bond donors (Lipinski definition) is 2. The van der Waals surface area contributed by atoms with Gasteiger partial charge in [0.25, 0.3) is 0 Å². The van der Waals surface area contributed by atoms with E-state index >= 15 is 0 Å². The first-order valence-electron chi connectivity index (χ1n) is 4.93. The lowest BCUT2D eigenvalue weighted by Crippen LogP contribution is -2.29. The van der Waals surface area contributed by atoms with E-state index in [1.807, 2.05) is 7.05 Å². The van der Waals surface area contributed by atoms with Crippen LogP contribution in [0.4, 0.5) is 5.69 Å². The minimum Gasteiger partial charge on any atom is -0.384 e. The highest BCUT2D eigenvalue weighted by Crippen LogP contribution is 2.35. The van der Waals surface area contributed by atoms with E-state index in [9.17, 15) is 0 Å². The Kier molecular flexibility index (Phi) is 2.79. The number of hydrogen-bond acceptors (Lipinski definition) is 2. The molecular weight excluding hydrogens is 240 g/mol. The predicted octanol–water partition coefficient (Wildman–Crippen LogP) is 2.57. The Balaban J connectivity index is 2.33. The Morgan fingerprint density at radius 2 is 2.36 bits per heavy atom. The molecule has 1 aliphatic heterocycles. The molecule has 1 aliphatic rings. The van der Waals surface area contributed by atoms with E-state index in [4.69, 9.17) is 0 Å². The summed E-state index contributed by atoms with van der Waals surface area (Å²) in [7, 11) is 2.01. The Labute approximate surface area is 93.2 Å². The summed E-state index contributed by atoms with van der Waals surface area (Å²) in [6, 6.07) is 6.95. The van der Waals surface area contributed by atoms with Gasteiger partial charge < -0.3 is 10.6 Å². The molecule has 14 heavy (non-hydrogen) atoms. The molecule has 3 heteroatoms. The molecule has 0 bridgehead atoms. The van der Waals surface area contributed by atoms with Crippen molar-refractivity contribution in [2.45, 2.75) is 18.9 Å². The fourth-order valence-electron chi connectivity index (χ4n) is 1.98. The van der Waals surface area contributed by atoms with Gasteiger partial charge in [0, 0.05) is 28.7 Å². The van der Waals surface area contributed by atoms with Crippen molar-refractivity contribution >= 4 is 21.6 Å². The van der Waals surface area contributed by atoms with Gasteiger partial charge in [0.2, 0.25) is 0 Å². The Morgan fingerprint density at radius 3 is 3.07 bits per heavy atom. The molecule has 0 saturated heterocycles. The van der Waals surface area contributed by atoms with Gasteiger partial charge in [-0.2, -0.15) is 0 Å². The number of likely N-dealkylation sites (N-methyl/N-ethyl adjacent to an activating group) is 1. The highest BCUT2D eigenvalue weighted by Gasteiger charge is 2.26. The van der Waals surface area contributed by atoms with Crippen LogP contribution in [-0.4, -0.2) is 19.6 Å². The molecule has 1 aromatic rings. The van der Waals surface area contributed by atoms with Crippen LogP contribution < -0.4 is 10.6 Å². The monoisotopic (exact) mass is 254 g/mol. The quantitative estimate of drug-likeness (QED) is 0.848. The molecule has 1 aromatic carbocycles. The maximum absolute atomic E-state index is 3.52. The average Bonchev–Trinajstić information content (AvgIpc) is 2.59. The number of nitrogens with one attached hydrogen (secondary N) is 2. The molecule has 2 rings (SSSR count). The second kappa shape index (κ2) is 3.91. The minimum atomic E-state index is 0.512. The van der Waals surface area contributed by atoms with Gasteiger partial charge in [0.15, 0.2) is 0 Å². The molecule has 0 amide bonds. The minimum absolute atomic E-state index is 0.512. The molecule has 2 nitrogen and oxygen atoms in total. The molecule has 2 N–H and O–H groups in total. The summed E-state index contributed by atoms with van der Waals surface area (Å²) in [4.78, 5) is 0. The van der Waals surface area contributed by atoms with Crippen molar-refractivity contribution in [3.63, 3.8) is 0 Å². The topological polar surface area (TPSA) is 24.1 Å². The maximum Gasteiger partial charge on any atom is 0.0377 e. The second-order valence-corrected chi connectivity index (χ2v) is 4.71. The van der Waals surface area contributed by atoms with Crippen molar-refractivity contribution in [3.05, 3.63) is 28.2 Å². The summed E-state index contributed by atoms with van der Waals surface area (Å²) in [5.41, 5.74) is 2.70. The van der Waals surface area contributed by atoms with Gasteiger partial charge in [-0.1, -0.05) is 15.9 Å². The fraction of sp³-hybridized carbons (Fsp3) is 0.455. The lowest BCUT2D eigenvalue weighted by molar-refractivity contribution is 0.522. The van der Waals surface area contributed by atoms with E-state index in [2.05, 4.69) is 51.7 Å². The predicted molar refractivity (Wildman–Crippen MR) is 63.9 cm³/mol. The third-order valence-electron chi connectivity index (χ3n) is 2.98. The summed E-state index contributed by atoms with van der Waals surface area (Å²) >= 11 is 3.52. The van der Waals surface area contributed by atoms with E-state index in [1.54, 1.807) is 0 Å². The zero-order chi connectivity index (χ0) is 10.1. The van der Waals surface area contributed by atoms with Crippen molar-refractivity contribution in [1.82, 2.24) is 5.32 Å². The largest absolute Gasteiger partial charge is 0.384 e. The Morgan fingerprint density at radius 1 is 1.57 bits per heavy atom. The van der Waals surface area contributed by atoms with Crippen molar-refractivity contribution < 1.29 is 0 Å². The number of benzene rings is 1. The van der Waals surface area contributed by atoms with Crippen LogP contribution >= 0.6 is 15.9 Å². The van der Waals surface area contributed by atoms with Crippen LogP contribution in [0.3, 0.4) is 0 Å². The average molecular weight is 255 g/mol. The Bertz CT molecular complexity index is 338. The molecule has 0 aliphatic carbocycles. The van der Waals surface area contributed by atoms with E-state index in [0.717, 1.165) is 11.0 Å². The van der Waals surface area contributed by atoms with Crippen LogP contribution in [0.2, 0.25) is 0 Å². The van der Waals surface area contributed by atoms with E-state index in [1.165, 1.54) is 11.3 Å². The first kappa shape index (κ1) is 9.99. The lowest BCUT2D eigenvalue weighted by atomic mass is 9.95. The molecule has 0 aromatic heterocycles. The smallest absolute Gasteiger partial charge is 0.0377 e. The van der Waals surface area contributed by atoms with Crippen molar-refractivity contribution in [3.8, 4) is 0 Å². The van der Waals surface area contributed by atoms with E-state index in [-0.39, 0.29) is 0 Å². The molecule has 0 spiro atoms. The summed E-state index contributed by atoms with van der Waals surface area (Å²) in [6.07, 6.45) is 0. The van der Waals surface area contributed by atoms with Crippen molar-refractivity contribution in [2.24, 2.45) is 0 Å². The summed E-state index contributed by atoms with van der Waals surface area (Å²) < 4.78 is 1.16. The highest BCUT2D eigenvalue weighted by atomic mass is 79.9. The molecule has 0 fully saturated rings. The van der Waals surface area contributed by atoms with E-state index in [0.29, 0.717) is 12.0 Å². The van der Waals surface area contributed by atoms with Crippen LogP contribution in [0.1, 0.15) is 18.4 Å². The maximum atomic E-state index is 3.52. The second-order valence-electron chi connectivity index (χ2n) is 3.80.